The van der Waals surface area contributed by atoms with Gasteiger partial charge in [0.1, 0.15) is 11.9 Å². The Morgan fingerprint density at radius 3 is 2.62 bits per heavy atom. The molecule has 0 bridgehead atoms. The van der Waals surface area contributed by atoms with Crippen molar-refractivity contribution in [3.8, 4) is 0 Å². The van der Waals surface area contributed by atoms with E-state index in [1.54, 1.807) is 31.2 Å². The number of aliphatic hydroxyl groups is 1. The third kappa shape index (κ3) is 2.41. The van der Waals surface area contributed by atoms with Gasteiger partial charge in [0.15, 0.2) is 0 Å². The first-order chi connectivity index (χ1) is 9.97. The molecule has 2 aromatic rings. The van der Waals surface area contributed by atoms with Gasteiger partial charge in [-0.2, -0.15) is 0 Å². The molecule has 0 aromatic heterocycles. The van der Waals surface area contributed by atoms with E-state index in [9.17, 15) is 14.3 Å². The summed E-state index contributed by atoms with van der Waals surface area (Å²) in [6.45, 7) is 1.71. The van der Waals surface area contributed by atoms with Crippen molar-refractivity contribution in [2.75, 3.05) is 5.32 Å². The first-order valence-electron chi connectivity index (χ1n) is 6.55. The monoisotopic (exact) mass is 305 g/mol. The minimum absolute atomic E-state index is 0.194. The highest BCUT2D eigenvalue weighted by atomic mass is 35.5. The predicted molar refractivity (Wildman–Crippen MR) is 79.0 cm³/mol. The molecule has 0 fully saturated rings. The molecule has 0 saturated heterocycles. The van der Waals surface area contributed by atoms with Crippen LogP contribution in [0, 0.1) is 5.82 Å². The van der Waals surface area contributed by atoms with E-state index in [0.717, 1.165) is 0 Å². The van der Waals surface area contributed by atoms with Crippen LogP contribution in [0.25, 0.3) is 0 Å². The number of carbonyl (C=O) groups is 1. The number of amides is 1. The molecule has 1 heterocycles. The van der Waals surface area contributed by atoms with E-state index >= 15 is 0 Å². The highest BCUT2D eigenvalue weighted by Gasteiger charge is 2.31. The normalized spacial score (nSPS) is 18.3. The molecule has 2 N–H and O–H groups in total. The van der Waals surface area contributed by atoms with Crippen LogP contribution in [0.3, 0.4) is 0 Å². The van der Waals surface area contributed by atoms with E-state index < -0.39 is 17.8 Å². The minimum Gasteiger partial charge on any atom is -0.384 e. The van der Waals surface area contributed by atoms with Crippen LogP contribution in [-0.2, 0) is 4.79 Å². The summed E-state index contributed by atoms with van der Waals surface area (Å²) >= 11 is 5.82. The van der Waals surface area contributed by atoms with Gasteiger partial charge >= 0.3 is 0 Å². The van der Waals surface area contributed by atoms with Crippen molar-refractivity contribution in [2.24, 2.45) is 0 Å². The Balaban J connectivity index is 2.09. The second kappa shape index (κ2) is 5.13. The number of nitrogens with one attached hydrogen (secondary N) is 1. The van der Waals surface area contributed by atoms with Crippen molar-refractivity contribution in [3.63, 3.8) is 0 Å². The van der Waals surface area contributed by atoms with E-state index in [1.807, 2.05) is 0 Å². The number of carbonyl (C=O) groups excluding carboxylic acids is 1. The lowest BCUT2D eigenvalue weighted by Crippen LogP contribution is -2.09. The Labute approximate surface area is 126 Å². The Bertz CT molecular complexity index is 715. The fourth-order valence-corrected chi connectivity index (χ4v) is 2.67. The maximum atomic E-state index is 13.8. The predicted octanol–water partition coefficient (Wildman–Crippen LogP) is 3.62. The van der Waals surface area contributed by atoms with Crippen LogP contribution >= 0.6 is 11.6 Å². The van der Waals surface area contributed by atoms with E-state index in [-0.39, 0.29) is 5.91 Å². The molecule has 0 aliphatic carbocycles. The van der Waals surface area contributed by atoms with Gasteiger partial charge in [0, 0.05) is 10.6 Å². The van der Waals surface area contributed by atoms with E-state index in [1.165, 1.54) is 12.1 Å². The van der Waals surface area contributed by atoms with Gasteiger partial charge in [-0.3, -0.25) is 4.79 Å². The summed E-state index contributed by atoms with van der Waals surface area (Å²) in [5.41, 5.74) is 2.00. The smallest absolute Gasteiger partial charge is 0.231 e. The van der Waals surface area contributed by atoms with Crippen molar-refractivity contribution in [2.45, 2.75) is 18.9 Å². The number of hydrogen-bond acceptors (Lipinski definition) is 2. The van der Waals surface area contributed by atoms with Crippen LogP contribution in [0.5, 0.6) is 0 Å². The number of aliphatic hydroxyl groups excluding tert-OH is 1. The van der Waals surface area contributed by atoms with E-state index in [4.69, 9.17) is 11.6 Å². The third-order valence-corrected chi connectivity index (χ3v) is 4.00. The second-order valence-electron chi connectivity index (χ2n) is 5.12. The molecular formula is C16H13ClFNO2. The highest BCUT2D eigenvalue weighted by molar-refractivity contribution is 6.30. The van der Waals surface area contributed by atoms with Crippen molar-refractivity contribution in [1.29, 1.82) is 0 Å². The topological polar surface area (TPSA) is 49.3 Å². The second-order valence-corrected chi connectivity index (χ2v) is 5.56. The molecule has 2 atom stereocenters. The van der Waals surface area contributed by atoms with Crippen molar-refractivity contribution < 1.29 is 14.3 Å². The van der Waals surface area contributed by atoms with Crippen molar-refractivity contribution in [1.82, 2.24) is 0 Å². The van der Waals surface area contributed by atoms with Crippen molar-refractivity contribution >= 4 is 23.2 Å². The zero-order valence-corrected chi connectivity index (χ0v) is 12.0. The zero-order valence-electron chi connectivity index (χ0n) is 11.2. The lowest BCUT2D eigenvalue weighted by Gasteiger charge is -2.16. The first kappa shape index (κ1) is 14.0. The summed E-state index contributed by atoms with van der Waals surface area (Å²) in [6.07, 6.45) is -1.03. The molecule has 0 spiro atoms. The van der Waals surface area contributed by atoms with Crippen LogP contribution in [0.15, 0.2) is 36.4 Å². The number of benzene rings is 2. The van der Waals surface area contributed by atoms with Gasteiger partial charge in [0.25, 0.3) is 0 Å². The van der Waals surface area contributed by atoms with Crippen LogP contribution in [0.2, 0.25) is 5.02 Å². The molecule has 21 heavy (non-hydrogen) atoms. The van der Waals surface area contributed by atoms with Gasteiger partial charge in [-0.25, -0.2) is 4.39 Å². The first-order valence-corrected chi connectivity index (χ1v) is 6.93. The summed E-state index contributed by atoms with van der Waals surface area (Å²) in [7, 11) is 0. The largest absolute Gasteiger partial charge is 0.384 e. The van der Waals surface area contributed by atoms with Crippen LogP contribution in [0.4, 0.5) is 10.1 Å². The van der Waals surface area contributed by atoms with Crippen LogP contribution in [-0.4, -0.2) is 11.0 Å². The summed E-state index contributed by atoms with van der Waals surface area (Å²) in [5, 5.41) is 13.7. The fraction of sp³-hybridized carbons (Fsp3) is 0.188. The molecule has 0 saturated carbocycles. The SMILES string of the molecule is CC1C(=O)Nc2c1cc(F)cc2C(O)c1ccc(Cl)cc1. The minimum atomic E-state index is -1.03. The molecule has 1 aliphatic heterocycles. The molecule has 1 amide bonds. The fourth-order valence-electron chi connectivity index (χ4n) is 2.55. The molecule has 108 valence electrons. The van der Waals surface area contributed by atoms with E-state index in [0.29, 0.717) is 27.4 Å². The number of anilines is 1. The molecule has 5 heteroatoms. The molecule has 0 radical (unpaired) electrons. The molecule has 3 nitrogen and oxygen atoms in total. The van der Waals surface area contributed by atoms with Gasteiger partial charge in [0.2, 0.25) is 5.91 Å². The molecule has 1 aliphatic rings. The molecular weight excluding hydrogens is 293 g/mol. The van der Waals surface area contributed by atoms with Crippen LogP contribution < -0.4 is 5.32 Å². The Hall–Kier alpha value is -1.91. The van der Waals surface area contributed by atoms with E-state index in [2.05, 4.69) is 5.32 Å². The quantitative estimate of drug-likeness (QED) is 0.890. The standard InChI is InChI=1S/C16H13ClFNO2/c1-8-12-6-11(18)7-13(14(12)19-16(8)21)15(20)9-2-4-10(17)5-3-9/h2-8,15,20H,1H3,(H,19,21). The maximum absolute atomic E-state index is 13.8. The number of halogens is 2. The number of hydrogen-bond donors (Lipinski definition) is 2. The Kier molecular flexibility index (Phi) is 3.43. The lowest BCUT2D eigenvalue weighted by molar-refractivity contribution is -0.116. The summed E-state index contributed by atoms with van der Waals surface area (Å²) in [4.78, 5) is 11.8. The lowest BCUT2D eigenvalue weighted by atomic mass is 9.95. The average Bonchev–Trinajstić information content (AvgIpc) is 2.74. The molecule has 2 aromatic carbocycles. The van der Waals surface area contributed by atoms with Gasteiger partial charge in [0.05, 0.1) is 11.6 Å². The van der Waals surface area contributed by atoms with Gasteiger partial charge in [-0.05, 0) is 42.3 Å². The summed E-state index contributed by atoms with van der Waals surface area (Å²) in [5.74, 6) is -1.09. The van der Waals surface area contributed by atoms with Gasteiger partial charge in [-0.15, -0.1) is 0 Å². The van der Waals surface area contributed by atoms with Gasteiger partial charge in [-0.1, -0.05) is 23.7 Å². The number of rotatable bonds is 2. The van der Waals surface area contributed by atoms with Gasteiger partial charge < -0.3 is 10.4 Å². The number of fused-ring (bicyclic) bond motifs is 1. The average molecular weight is 306 g/mol. The summed E-state index contributed by atoms with van der Waals surface area (Å²) < 4.78 is 13.8. The third-order valence-electron chi connectivity index (χ3n) is 3.75. The molecule has 3 rings (SSSR count). The maximum Gasteiger partial charge on any atom is 0.231 e. The Morgan fingerprint density at radius 1 is 1.29 bits per heavy atom. The van der Waals surface area contributed by atoms with Crippen molar-refractivity contribution in [3.05, 3.63) is 63.9 Å². The molecule has 2 unspecified atom stereocenters. The van der Waals surface area contributed by atoms with Crippen LogP contribution in [0.1, 0.15) is 35.6 Å². The summed E-state index contributed by atoms with van der Waals surface area (Å²) in [6, 6.07) is 9.23. The highest BCUT2D eigenvalue weighted by Crippen LogP contribution is 2.40. The zero-order chi connectivity index (χ0) is 15.1. The Morgan fingerprint density at radius 2 is 1.95 bits per heavy atom.